The summed E-state index contributed by atoms with van der Waals surface area (Å²) in [5, 5.41) is 0.990. The molecule has 0 aliphatic rings. The predicted molar refractivity (Wildman–Crippen MR) is 54.1 cm³/mol. The molecule has 3 nitrogen and oxygen atoms in total. The molecule has 0 spiro atoms. The molecule has 0 saturated carbocycles. The van der Waals surface area contributed by atoms with Crippen LogP contribution in [-0.4, -0.2) is 14.2 Å². The molecule has 2 aromatic rings. The first kappa shape index (κ1) is 8.94. The average Bonchev–Trinajstić information content (AvgIpc) is 2.64. The van der Waals surface area contributed by atoms with Crippen LogP contribution in [0.3, 0.4) is 0 Å². The number of rotatable bonds is 2. The van der Waals surface area contributed by atoms with Crippen LogP contribution in [-0.2, 0) is 0 Å². The molecule has 0 saturated heterocycles. The van der Waals surface area contributed by atoms with E-state index in [0.29, 0.717) is 0 Å². The summed E-state index contributed by atoms with van der Waals surface area (Å²) in [5.74, 6) is 1.56. The van der Waals surface area contributed by atoms with Crippen molar-refractivity contribution in [2.75, 3.05) is 14.2 Å². The van der Waals surface area contributed by atoms with Gasteiger partial charge in [0.15, 0.2) is 11.3 Å². The minimum Gasteiger partial charge on any atom is -0.496 e. The minimum atomic E-state index is 0.740. The van der Waals surface area contributed by atoms with Crippen LogP contribution in [0.25, 0.3) is 11.0 Å². The Hall–Kier alpha value is -1.64. The number of fused-ring (bicyclic) bond motifs is 1. The third-order valence-electron chi connectivity index (χ3n) is 2.32. The van der Waals surface area contributed by atoms with Crippen molar-refractivity contribution in [3.05, 3.63) is 24.0 Å². The van der Waals surface area contributed by atoms with Crippen LogP contribution < -0.4 is 9.47 Å². The summed E-state index contributed by atoms with van der Waals surface area (Å²) in [5.41, 5.74) is 1.73. The maximum atomic E-state index is 5.34. The summed E-state index contributed by atoms with van der Waals surface area (Å²) in [6.45, 7) is 1.94. The predicted octanol–water partition coefficient (Wildman–Crippen LogP) is 2.76. The van der Waals surface area contributed by atoms with Gasteiger partial charge in [0.25, 0.3) is 0 Å². The van der Waals surface area contributed by atoms with E-state index in [9.17, 15) is 0 Å². The Morgan fingerprint density at radius 1 is 1.21 bits per heavy atom. The highest BCUT2D eigenvalue weighted by molar-refractivity contribution is 5.86. The summed E-state index contributed by atoms with van der Waals surface area (Å²) < 4.78 is 15.9. The fraction of sp³-hybridized carbons (Fsp3) is 0.273. The Balaban J connectivity index is 2.80. The molecular weight excluding hydrogens is 180 g/mol. The Morgan fingerprint density at radius 2 is 2.00 bits per heavy atom. The molecule has 2 rings (SSSR count). The molecule has 74 valence electrons. The summed E-state index contributed by atoms with van der Waals surface area (Å²) in [4.78, 5) is 0. The van der Waals surface area contributed by atoms with Gasteiger partial charge >= 0.3 is 0 Å². The monoisotopic (exact) mass is 192 g/mol. The molecule has 0 fully saturated rings. The van der Waals surface area contributed by atoms with Gasteiger partial charge in [-0.2, -0.15) is 0 Å². The van der Waals surface area contributed by atoms with E-state index < -0.39 is 0 Å². The first-order valence-electron chi connectivity index (χ1n) is 4.36. The zero-order valence-electron chi connectivity index (χ0n) is 8.46. The van der Waals surface area contributed by atoms with Gasteiger partial charge in [0.05, 0.1) is 20.5 Å². The quantitative estimate of drug-likeness (QED) is 0.733. The van der Waals surface area contributed by atoms with Crippen molar-refractivity contribution in [3.8, 4) is 11.5 Å². The maximum absolute atomic E-state index is 5.34. The van der Waals surface area contributed by atoms with E-state index in [2.05, 4.69) is 0 Å². The standard InChI is InChI=1S/C11H12O3/c1-7-9(12-2)6-8-4-5-14-11(8)10(7)13-3/h4-6H,1-3H3. The molecule has 0 bridgehead atoms. The molecule has 1 heterocycles. The highest BCUT2D eigenvalue weighted by Crippen LogP contribution is 2.36. The number of methoxy groups -OCH3 is 2. The molecule has 1 aromatic carbocycles. The van der Waals surface area contributed by atoms with Gasteiger partial charge in [-0.3, -0.25) is 0 Å². The third kappa shape index (κ3) is 1.13. The molecule has 0 N–H and O–H groups in total. The summed E-state index contributed by atoms with van der Waals surface area (Å²) in [6.07, 6.45) is 1.64. The second-order valence-electron chi connectivity index (χ2n) is 3.08. The first-order valence-corrected chi connectivity index (χ1v) is 4.36. The zero-order chi connectivity index (χ0) is 10.1. The first-order chi connectivity index (χ1) is 6.77. The van der Waals surface area contributed by atoms with Crippen LogP contribution in [0.4, 0.5) is 0 Å². The van der Waals surface area contributed by atoms with Gasteiger partial charge < -0.3 is 13.9 Å². The fourth-order valence-electron chi connectivity index (χ4n) is 1.61. The third-order valence-corrected chi connectivity index (χ3v) is 2.32. The second kappa shape index (κ2) is 3.25. The molecule has 0 amide bonds. The second-order valence-corrected chi connectivity index (χ2v) is 3.08. The highest BCUT2D eigenvalue weighted by Gasteiger charge is 2.13. The van der Waals surface area contributed by atoms with E-state index in [1.807, 2.05) is 19.1 Å². The molecule has 0 unspecified atom stereocenters. The van der Waals surface area contributed by atoms with Gasteiger partial charge in [0.1, 0.15) is 5.75 Å². The van der Waals surface area contributed by atoms with Crippen LogP contribution >= 0.6 is 0 Å². The molecule has 0 aliphatic carbocycles. The SMILES string of the molecule is COc1cc2ccoc2c(OC)c1C. The van der Waals surface area contributed by atoms with Crippen LogP contribution in [0, 0.1) is 6.92 Å². The van der Waals surface area contributed by atoms with Gasteiger partial charge in [0, 0.05) is 10.9 Å². The Kier molecular flexibility index (Phi) is 2.08. The lowest BCUT2D eigenvalue weighted by Gasteiger charge is -2.09. The Labute approximate surface area is 82.2 Å². The van der Waals surface area contributed by atoms with E-state index in [1.54, 1.807) is 20.5 Å². The topological polar surface area (TPSA) is 31.6 Å². The lowest BCUT2D eigenvalue weighted by atomic mass is 10.1. The normalized spacial score (nSPS) is 10.5. The number of hydrogen-bond acceptors (Lipinski definition) is 3. The van der Waals surface area contributed by atoms with E-state index in [4.69, 9.17) is 13.9 Å². The fourth-order valence-corrected chi connectivity index (χ4v) is 1.61. The van der Waals surface area contributed by atoms with Gasteiger partial charge in [-0.25, -0.2) is 0 Å². The number of ether oxygens (including phenoxy) is 2. The molecular formula is C11H12O3. The number of benzene rings is 1. The van der Waals surface area contributed by atoms with Gasteiger partial charge in [-0.15, -0.1) is 0 Å². The lowest BCUT2D eigenvalue weighted by molar-refractivity contribution is 0.387. The van der Waals surface area contributed by atoms with Crippen LogP contribution in [0.15, 0.2) is 22.8 Å². The van der Waals surface area contributed by atoms with E-state index in [1.165, 1.54) is 0 Å². The molecule has 3 heteroatoms. The minimum absolute atomic E-state index is 0.740. The van der Waals surface area contributed by atoms with Crippen molar-refractivity contribution in [1.82, 2.24) is 0 Å². The Bertz CT molecular complexity index is 457. The molecule has 0 atom stereocenters. The van der Waals surface area contributed by atoms with Crippen molar-refractivity contribution in [2.45, 2.75) is 6.92 Å². The molecule has 1 aromatic heterocycles. The highest BCUT2D eigenvalue weighted by atomic mass is 16.5. The Morgan fingerprint density at radius 3 is 2.64 bits per heavy atom. The van der Waals surface area contributed by atoms with Crippen molar-refractivity contribution in [1.29, 1.82) is 0 Å². The van der Waals surface area contributed by atoms with Crippen LogP contribution in [0.2, 0.25) is 0 Å². The number of furan rings is 1. The van der Waals surface area contributed by atoms with Crippen molar-refractivity contribution < 1.29 is 13.9 Å². The zero-order valence-corrected chi connectivity index (χ0v) is 8.46. The number of hydrogen-bond donors (Lipinski definition) is 0. The van der Waals surface area contributed by atoms with E-state index in [-0.39, 0.29) is 0 Å². The van der Waals surface area contributed by atoms with Crippen LogP contribution in [0.5, 0.6) is 11.5 Å². The summed E-state index contributed by atoms with van der Waals surface area (Å²) in [7, 11) is 3.28. The van der Waals surface area contributed by atoms with Gasteiger partial charge in [-0.1, -0.05) is 0 Å². The molecule has 14 heavy (non-hydrogen) atoms. The summed E-state index contributed by atoms with van der Waals surface area (Å²) in [6, 6.07) is 3.83. The molecule has 0 aliphatic heterocycles. The van der Waals surface area contributed by atoms with Crippen molar-refractivity contribution in [2.24, 2.45) is 0 Å². The van der Waals surface area contributed by atoms with E-state index >= 15 is 0 Å². The lowest BCUT2D eigenvalue weighted by Crippen LogP contribution is -1.92. The van der Waals surface area contributed by atoms with Gasteiger partial charge in [0.2, 0.25) is 0 Å². The summed E-state index contributed by atoms with van der Waals surface area (Å²) >= 11 is 0. The van der Waals surface area contributed by atoms with E-state index in [0.717, 1.165) is 28.0 Å². The molecule has 0 radical (unpaired) electrons. The maximum Gasteiger partial charge on any atom is 0.176 e. The van der Waals surface area contributed by atoms with Crippen molar-refractivity contribution >= 4 is 11.0 Å². The van der Waals surface area contributed by atoms with Gasteiger partial charge in [-0.05, 0) is 19.1 Å². The van der Waals surface area contributed by atoms with Crippen LogP contribution in [0.1, 0.15) is 5.56 Å². The van der Waals surface area contributed by atoms with Crippen molar-refractivity contribution in [3.63, 3.8) is 0 Å². The smallest absolute Gasteiger partial charge is 0.176 e. The largest absolute Gasteiger partial charge is 0.496 e. The average molecular weight is 192 g/mol.